The summed E-state index contributed by atoms with van der Waals surface area (Å²) in [7, 11) is 1.43. The number of hydrogen-bond donors (Lipinski definition) is 0. The zero-order chi connectivity index (χ0) is 16.5. The molecule has 1 aromatic carbocycles. The lowest BCUT2D eigenvalue weighted by atomic mass is 9.94. The first-order chi connectivity index (χ1) is 11.2. The molecule has 0 saturated heterocycles. The zero-order valence-corrected chi connectivity index (χ0v) is 15.0. The lowest BCUT2D eigenvalue weighted by Crippen LogP contribution is -2.20. The van der Waals surface area contributed by atoms with E-state index in [9.17, 15) is 4.79 Å². The summed E-state index contributed by atoms with van der Waals surface area (Å²) in [6.07, 6.45) is 11.4. The Kier molecular flexibility index (Phi) is 7.56. The predicted molar refractivity (Wildman–Crippen MR) is 95.2 cm³/mol. The lowest BCUT2D eigenvalue weighted by molar-refractivity contribution is -0.141. The van der Waals surface area contributed by atoms with Crippen LogP contribution in [0, 0.1) is 5.92 Å². The van der Waals surface area contributed by atoms with E-state index in [4.69, 9.17) is 9.47 Å². The number of methoxy groups -OCH3 is 1. The van der Waals surface area contributed by atoms with Gasteiger partial charge in [0.25, 0.3) is 0 Å². The van der Waals surface area contributed by atoms with Gasteiger partial charge in [-0.1, -0.05) is 52.4 Å². The van der Waals surface area contributed by atoms with Gasteiger partial charge in [0.2, 0.25) is 0 Å². The van der Waals surface area contributed by atoms with Crippen LogP contribution in [0.25, 0.3) is 0 Å². The van der Waals surface area contributed by atoms with Gasteiger partial charge in [-0.15, -0.1) is 0 Å². The molecule has 0 aliphatic heterocycles. The Bertz CT molecular complexity index is 565. The fourth-order valence-electron chi connectivity index (χ4n) is 2.66. The third kappa shape index (κ3) is 6.71. The molecule has 0 bridgehead atoms. The standard InChI is InChI=1S/C19H23BrO3/c1-22-19(21)14-16-6-3-2-4-9-18(13-16)23-11-10-15-7-5-8-17(20)12-15/h2-8,12,16,18H,9-11,13-14H2,1H3/b4-2-,6-3?/t16?,18-/m1/s1. The minimum atomic E-state index is -0.169. The summed E-state index contributed by atoms with van der Waals surface area (Å²) in [6, 6.07) is 8.28. The molecule has 0 heterocycles. The first-order valence-electron chi connectivity index (χ1n) is 7.93. The Morgan fingerprint density at radius 1 is 1.35 bits per heavy atom. The van der Waals surface area contributed by atoms with Gasteiger partial charge in [0.05, 0.1) is 26.2 Å². The molecule has 23 heavy (non-hydrogen) atoms. The molecule has 2 atom stereocenters. The van der Waals surface area contributed by atoms with Crippen molar-refractivity contribution in [3.63, 3.8) is 0 Å². The number of hydrogen-bond acceptors (Lipinski definition) is 3. The van der Waals surface area contributed by atoms with Crippen LogP contribution >= 0.6 is 15.9 Å². The Hall–Kier alpha value is -1.39. The number of benzene rings is 1. The van der Waals surface area contributed by atoms with E-state index in [0.29, 0.717) is 13.0 Å². The molecule has 0 saturated carbocycles. The molecule has 1 aliphatic rings. The van der Waals surface area contributed by atoms with Crippen molar-refractivity contribution in [2.24, 2.45) is 5.92 Å². The zero-order valence-electron chi connectivity index (χ0n) is 13.4. The highest BCUT2D eigenvalue weighted by molar-refractivity contribution is 9.10. The van der Waals surface area contributed by atoms with Crippen LogP contribution in [0.15, 0.2) is 53.0 Å². The van der Waals surface area contributed by atoms with Gasteiger partial charge in [0.1, 0.15) is 0 Å². The fourth-order valence-corrected chi connectivity index (χ4v) is 3.11. The predicted octanol–water partition coefficient (Wildman–Crippen LogP) is 4.46. The molecule has 0 radical (unpaired) electrons. The van der Waals surface area contributed by atoms with E-state index in [1.165, 1.54) is 12.7 Å². The molecule has 0 fully saturated rings. The number of carbonyl (C=O) groups is 1. The van der Waals surface area contributed by atoms with Gasteiger partial charge in [-0.3, -0.25) is 4.79 Å². The average Bonchev–Trinajstić information content (AvgIpc) is 2.51. The van der Waals surface area contributed by atoms with Crippen LogP contribution in [0.5, 0.6) is 0 Å². The monoisotopic (exact) mass is 378 g/mol. The first kappa shape index (κ1) is 18.0. The van der Waals surface area contributed by atoms with Crippen molar-refractivity contribution in [2.45, 2.75) is 31.8 Å². The van der Waals surface area contributed by atoms with E-state index in [1.807, 2.05) is 24.3 Å². The van der Waals surface area contributed by atoms with Crippen LogP contribution in [-0.2, 0) is 20.7 Å². The SMILES string of the molecule is COC(=O)CC1C=C/C=C\C[C@@H](OCCc2cccc(Br)c2)C1. The number of rotatable bonds is 6. The molecule has 1 aromatic rings. The Balaban J connectivity index is 1.84. The maximum absolute atomic E-state index is 11.5. The number of ether oxygens (including phenoxy) is 2. The summed E-state index contributed by atoms with van der Waals surface area (Å²) < 4.78 is 11.9. The third-order valence-corrected chi connectivity index (χ3v) is 4.38. The summed E-state index contributed by atoms with van der Waals surface area (Å²) in [5, 5.41) is 0. The highest BCUT2D eigenvalue weighted by atomic mass is 79.9. The van der Waals surface area contributed by atoms with Crippen molar-refractivity contribution in [1.29, 1.82) is 0 Å². The maximum Gasteiger partial charge on any atom is 0.306 e. The molecule has 124 valence electrons. The maximum atomic E-state index is 11.5. The van der Waals surface area contributed by atoms with Gasteiger partial charge in [-0.2, -0.15) is 0 Å². The number of halogens is 1. The van der Waals surface area contributed by atoms with Crippen molar-refractivity contribution in [3.05, 3.63) is 58.6 Å². The van der Waals surface area contributed by atoms with Crippen molar-refractivity contribution < 1.29 is 14.3 Å². The molecule has 1 unspecified atom stereocenters. The Morgan fingerprint density at radius 3 is 3.00 bits per heavy atom. The minimum absolute atomic E-state index is 0.137. The molecule has 0 N–H and O–H groups in total. The van der Waals surface area contributed by atoms with E-state index in [0.717, 1.165) is 23.7 Å². The quantitative estimate of drug-likeness (QED) is 0.685. The normalized spacial score (nSPS) is 22.2. The van der Waals surface area contributed by atoms with Gasteiger partial charge in [0, 0.05) is 4.47 Å². The second-order valence-electron chi connectivity index (χ2n) is 5.70. The lowest BCUT2D eigenvalue weighted by Gasteiger charge is -2.22. The second kappa shape index (κ2) is 9.68. The van der Waals surface area contributed by atoms with Crippen LogP contribution < -0.4 is 0 Å². The van der Waals surface area contributed by atoms with Gasteiger partial charge in [0.15, 0.2) is 0 Å². The summed E-state index contributed by atoms with van der Waals surface area (Å²) in [5.74, 6) is 0.000332. The fraction of sp³-hybridized carbons (Fsp3) is 0.421. The van der Waals surface area contributed by atoms with Gasteiger partial charge < -0.3 is 9.47 Å². The Labute approximate surface area is 146 Å². The minimum Gasteiger partial charge on any atom is -0.469 e. The molecule has 3 nitrogen and oxygen atoms in total. The smallest absolute Gasteiger partial charge is 0.306 e. The molecule has 4 heteroatoms. The summed E-state index contributed by atoms with van der Waals surface area (Å²) >= 11 is 3.49. The number of carbonyl (C=O) groups excluding carboxylic acids is 1. The van der Waals surface area contributed by atoms with Gasteiger partial charge in [-0.25, -0.2) is 0 Å². The van der Waals surface area contributed by atoms with E-state index in [1.54, 1.807) is 0 Å². The molecule has 0 spiro atoms. The first-order valence-corrected chi connectivity index (χ1v) is 8.73. The van der Waals surface area contributed by atoms with Crippen molar-refractivity contribution in [2.75, 3.05) is 13.7 Å². The van der Waals surface area contributed by atoms with Crippen molar-refractivity contribution in [3.8, 4) is 0 Å². The van der Waals surface area contributed by atoms with Crippen LogP contribution in [0.4, 0.5) is 0 Å². The summed E-state index contributed by atoms with van der Waals surface area (Å²) in [4.78, 5) is 11.5. The van der Waals surface area contributed by atoms with Crippen LogP contribution in [0.3, 0.4) is 0 Å². The molecular weight excluding hydrogens is 356 g/mol. The average molecular weight is 379 g/mol. The molecule has 0 aromatic heterocycles. The number of allylic oxidation sites excluding steroid dienone is 3. The number of esters is 1. The topological polar surface area (TPSA) is 35.5 Å². The van der Waals surface area contributed by atoms with Crippen molar-refractivity contribution >= 4 is 21.9 Å². The highest BCUT2D eigenvalue weighted by Crippen LogP contribution is 2.21. The third-order valence-electron chi connectivity index (χ3n) is 3.88. The molecule has 1 aliphatic carbocycles. The van der Waals surface area contributed by atoms with Gasteiger partial charge >= 0.3 is 5.97 Å². The highest BCUT2D eigenvalue weighted by Gasteiger charge is 2.18. The van der Waals surface area contributed by atoms with Crippen LogP contribution in [0.1, 0.15) is 24.8 Å². The molecule has 2 rings (SSSR count). The summed E-state index contributed by atoms with van der Waals surface area (Å²) in [5.41, 5.74) is 1.26. The largest absolute Gasteiger partial charge is 0.469 e. The molecule has 0 amide bonds. The van der Waals surface area contributed by atoms with Crippen molar-refractivity contribution in [1.82, 2.24) is 0 Å². The van der Waals surface area contributed by atoms with E-state index in [2.05, 4.69) is 40.2 Å². The second-order valence-corrected chi connectivity index (χ2v) is 6.61. The van der Waals surface area contributed by atoms with Crippen LogP contribution in [-0.4, -0.2) is 25.8 Å². The molecular formula is C19H23BrO3. The Morgan fingerprint density at radius 2 is 2.22 bits per heavy atom. The summed E-state index contributed by atoms with van der Waals surface area (Å²) in [6.45, 7) is 0.684. The van der Waals surface area contributed by atoms with E-state index >= 15 is 0 Å². The van der Waals surface area contributed by atoms with E-state index < -0.39 is 0 Å². The van der Waals surface area contributed by atoms with Gasteiger partial charge in [-0.05, 0) is 42.9 Å². The van der Waals surface area contributed by atoms with Crippen LogP contribution in [0.2, 0.25) is 0 Å². The van der Waals surface area contributed by atoms with E-state index in [-0.39, 0.29) is 18.0 Å².